The topological polar surface area (TPSA) is 55.9 Å². The monoisotopic (exact) mass is 398 g/mol. The second kappa shape index (κ2) is 9.26. The highest BCUT2D eigenvalue weighted by atomic mass is 16.2. The molecular weight excluding hydrogens is 364 g/mol. The molecule has 4 rings (SSSR count). The van der Waals surface area contributed by atoms with Gasteiger partial charge in [-0.15, -0.1) is 0 Å². The van der Waals surface area contributed by atoms with Gasteiger partial charge in [-0.3, -0.25) is 9.69 Å². The zero-order chi connectivity index (χ0) is 20.1. The zero-order valence-corrected chi connectivity index (χ0v) is 17.4. The van der Waals surface area contributed by atoms with E-state index in [-0.39, 0.29) is 11.9 Å². The average Bonchev–Trinajstić information content (AvgIpc) is 2.99. The lowest BCUT2D eigenvalue weighted by molar-refractivity contribution is -0.133. The van der Waals surface area contributed by atoms with E-state index in [1.165, 1.54) is 29.7 Å². The molecule has 1 N–H and O–H groups in total. The maximum absolute atomic E-state index is 13.1. The van der Waals surface area contributed by atoms with Gasteiger partial charge in [0.2, 0.25) is 0 Å². The Morgan fingerprint density at radius 3 is 2.24 bits per heavy atom. The molecule has 158 valence electrons. The van der Waals surface area contributed by atoms with E-state index in [2.05, 4.69) is 39.4 Å². The fraction of sp³-hybridized carbons (Fsp3) is 0.652. The van der Waals surface area contributed by atoms with Crippen LogP contribution in [0.25, 0.3) is 0 Å². The summed E-state index contributed by atoms with van der Waals surface area (Å²) in [6.07, 6.45) is 7.20. The number of benzene rings is 1. The fourth-order valence-corrected chi connectivity index (χ4v) is 4.94. The second-order valence-electron chi connectivity index (χ2n) is 8.80. The summed E-state index contributed by atoms with van der Waals surface area (Å²) < 4.78 is 0. The summed E-state index contributed by atoms with van der Waals surface area (Å²) in [5.41, 5.74) is 0.684. The van der Waals surface area contributed by atoms with Crippen molar-refractivity contribution in [1.82, 2.24) is 20.0 Å². The van der Waals surface area contributed by atoms with Crippen LogP contribution < -0.4 is 5.32 Å². The van der Waals surface area contributed by atoms with Gasteiger partial charge in [0, 0.05) is 26.2 Å². The first kappa shape index (κ1) is 20.4. The molecule has 1 aromatic rings. The van der Waals surface area contributed by atoms with Crippen LogP contribution in [-0.2, 0) is 11.2 Å². The highest BCUT2D eigenvalue weighted by molar-refractivity contribution is 6.07. The number of carbonyl (C=O) groups is 2. The van der Waals surface area contributed by atoms with Crippen molar-refractivity contribution < 1.29 is 9.59 Å². The van der Waals surface area contributed by atoms with Crippen molar-refractivity contribution in [1.29, 1.82) is 0 Å². The Labute approximate surface area is 174 Å². The summed E-state index contributed by atoms with van der Waals surface area (Å²) in [4.78, 5) is 31.9. The molecule has 0 saturated carbocycles. The molecule has 3 aliphatic rings. The van der Waals surface area contributed by atoms with Gasteiger partial charge in [-0.05, 0) is 63.7 Å². The van der Waals surface area contributed by atoms with Gasteiger partial charge >= 0.3 is 6.03 Å². The number of nitrogens with one attached hydrogen (secondary N) is 1. The lowest BCUT2D eigenvalue weighted by Gasteiger charge is -2.37. The van der Waals surface area contributed by atoms with E-state index in [4.69, 9.17) is 0 Å². The molecule has 0 radical (unpaired) electrons. The summed E-state index contributed by atoms with van der Waals surface area (Å²) >= 11 is 0. The van der Waals surface area contributed by atoms with Gasteiger partial charge in [0.15, 0.2) is 0 Å². The van der Waals surface area contributed by atoms with Gasteiger partial charge in [-0.1, -0.05) is 36.8 Å². The number of hydrogen-bond donors (Lipinski definition) is 1. The van der Waals surface area contributed by atoms with E-state index in [1.807, 2.05) is 6.07 Å². The van der Waals surface area contributed by atoms with Gasteiger partial charge < -0.3 is 15.1 Å². The Morgan fingerprint density at radius 1 is 0.828 bits per heavy atom. The molecule has 3 heterocycles. The van der Waals surface area contributed by atoms with Gasteiger partial charge in [-0.25, -0.2) is 4.79 Å². The third-order valence-corrected chi connectivity index (χ3v) is 6.82. The van der Waals surface area contributed by atoms with Crippen LogP contribution in [-0.4, -0.2) is 78.0 Å². The van der Waals surface area contributed by atoms with Gasteiger partial charge in [0.05, 0.1) is 0 Å². The Kier molecular flexibility index (Phi) is 6.50. The largest absolute Gasteiger partial charge is 0.325 e. The number of carbonyl (C=O) groups excluding carboxylic acids is 2. The molecule has 1 spiro atoms. The van der Waals surface area contributed by atoms with Crippen LogP contribution in [0.15, 0.2) is 30.3 Å². The number of rotatable bonds is 7. The Hall–Kier alpha value is -1.92. The minimum Gasteiger partial charge on any atom is -0.323 e. The average molecular weight is 399 g/mol. The van der Waals surface area contributed by atoms with Crippen LogP contribution in [0.3, 0.4) is 0 Å². The molecule has 0 bridgehead atoms. The molecule has 6 heteroatoms. The quantitative estimate of drug-likeness (QED) is 0.717. The molecule has 3 aliphatic heterocycles. The Morgan fingerprint density at radius 2 is 1.52 bits per heavy atom. The summed E-state index contributed by atoms with van der Waals surface area (Å²) in [7, 11) is 0. The Bertz CT molecular complexity index is 694. The lowest BCUT2D eigenvalue weighted by atomic mass is 9.87. The van der Waals surface area contributed by atoms with Crippen molar-refractivity contribution >= 4 is 11.9 Å². The number of likely N-dealkylation sites (tertiary alicyclic amines) is 2. The standard InChI is InChI=1S/C23H34N4O2/c28-21-23(11-18-26(19-12-23)17-10-20-8-3-1-4-9-20)24-22(29)27(21)16-7-15-25-13-5-2-6-14-25/h1,3-4,8-9H,2,5-7,10-19H2,(H,24,29). The number of imide groups is 1. The number of hydrogen-bond acceptors (Lipinski definition) is 4. The fourth-order valence-electron chi connectivity index (χ4n) is 4.94. The van der Waals surface area contributed by atoms with Crippen molar-refractivity contribution in [2.24, 2.45) is 0 Å². The second-order valence-corrected chi connectivity index (χ2v) is 8.80. The van der Waals surface area contributed by atoms with Gasteiger partial charge in [0.1, 0.15) is 5.54 Å². The van der Waals surface area contributed by atoms with Crippen molar-refractivity contribution in [3.8, 4) is 0 Å². The van der Waals surface area contributed by atoms with Crippen LogP contribution in [0.5, 0.6) is 0 Å². The van der Waals surface area contributed by atoms with Crippen molar-refractivity contribution in [3.05, 3.63) is 35.9 Å². The van der Waals surface area contributed by atoms with Crippen LogP contribution in [0.4, 0.5) is 4.79 Å². The minimum absolute atomic E-state index is 0.00357. The molecule has 1 aromatic carbocycles. The van der Waals surface area contributed by atoms with Crippen LogP contribution in [0, 0.1) is 0 Å². The summed E-state index contributed by atoms with van der Waals surface area (Å²) in [6, 6.07) is 10.3. The number of urea groups is 1. The van der Waals surface area contributed by atoms with E-state index in [9.17, 15) is 9.59 Å². The third-order valence-electron chi connectivity index (χ3n) is 6.82. The molecule has 6 nitrogen and oxygen atoms in total. The molecule has 29 heavy (non-hydrogen) atoms. The predicted octanol–water partition coefficient (Wildman–Crippen LogP) is 2.49. The number of piperidine rings is 2. The first-order valence-corrected chi connectivity index (χ1v) is 11.3. The van der Waals surface area contributed by atoms with Crippen molar-refractivity contribution in [2.45, 2.75) is 50.5 Å². The Balaban J connectivity index is 1.23. The third kappa shape index (κ3) is 4.81. The van der Waals surface area contributed by atoms with Gasteiger partial charge in [0.25, 0.3) is 5.91 Å². The molecular formula is C23H34N4O2. The van der Waals surface area contributed by atoms with E-state index < -0.39 is 5.54 Å². The molecule has 3 fully saturated rings. The molecule has 0 aromatic heterocycles. The maximum Gasteiger partial charge on any atom is 0.325 e. The molecule has 3 amide bonds. The van der Waals surface area contributed by atoms with Crippen molar-refractivity contribution in [2.75, 3.05) is 45.8 Å². The van der Waals surface area contributed by atoms with E-state index in [0.717, 1.165) is 65.0 Å². The summed E-state index contributed by atoms with van der Waals surface area (Å²) in [6.45, 7) is 6.56. The van der Waals surface area contributed by atoms with Gasteiger partial charge in [-0.2, -0.15) is 0 Å². The first-order valence-electron chi connectivity index (χ1n) is 11.3. The van der Waals surface area contributed by atoms with Crippen LogP contribution in [0.2, 0.25) is 0 Å². The van der Waals surface area contributed by atoms with Crippen molar-refractivity contribution in [3.63, 3.8) is 0 Å². The number of nitrogens with zero attached hydrogens (tertiary/aromatic N) is 3. The molecule has 0 unspecified atom stereocenters. The minimum atomic E-state index is -0.661. The molecule has 0 aliphatic carbocycles. The number of amides is 3. The predicted molar refractivity (Wildman–Crippen MR) is 114 cm³/mol. The van der Waals surface area contributed by atoms with E-state index in [1.54, 1.807) is 0 Å². The van der Waals surface area contributed by atoms with Crippen LogP contribution in [0.1, 0.15) is 44.1 Å². The first-order chi connectivity index (χ1) is 14.2. The normalized spacial score (nSPS) is 23.0. The zero-order valence-electron chi connectivity index (χ0n) is 17.4. The smallest absolute Gasteiger partial charge is 0.323 e. The SMILES string of the molecule is O=C1NC2(CCN(CCc3ccccc3)CC2)C(=O)N1CCCN1CCCCC1. The highest BCUT2D eigenvalue weighted by Gasteiger charge is 2.51. The lowest BCUT2D eigenvalue weighted by Crippen LogP contribution is -2.55. The molecule has 3 saturated heterocycles. The summed E-state index contributed by atoms with van der Waals surface area (Å²) in [5.74, 6) is 0.00357. The van der Waals surface area contributed by atoms with Crippen LogP contribution >= 0.6 is 0 Å². The van der Waals surface area contributed by atoms with E-state index >= 15 is 0 Å². The highest BCUT2D eigenvalue weighted by Crippen LogP contribution is 2.29. The summed E-state index contributed by atoms with van der Waals surface area (Å²) in [5, 5.41) is 3.05. The maximum atomic E-state index is 13.1. The van der Waals surface area contributed by atoms with E-state index in [0.29, 0.717) is 6.54 Å². The molecule has 0 atom stereocenters.